The van der Waals surface area contributed by atoms with Crippen molar-refractivity contribution in [2.24, 2.45) is 5.73 Å². The van der Waals surface area contributed by atoms with E-state index in [4.69, 9.17) is 17.3 Å². The smallest absolute Gasteiger partial charge is 0.335 e. The summed E-state index contributed by atoms with van der Waals surface area (Å²) < 4.78 is 0.863. The third-order valence-corrected chi connectivity index (χ3v) is 6.17. The first kappa shape index (κ1) is 20.2. The number of nitrogens with zero attached hydrogens (tertiary/aromatic N) is 2. The predicted octanol–water partition coefficient (Wildman–Crippen LogP) is 2.51. The second-order valence-electron chi connectivity index (χ2n) is 6.96. The lowest BCUT2D eigenvalue weighted by Crippen LogP contribution is -2.58. The molecule has 1 aliphatic heterocycles. The van der Waals surface area contributed by atoms with E-state index >= 15 is 0 Å². The van der Waals surface area contributed by atoms with E-state index in [1.807, 2.05) is 0 Å². The van der Waals surface area contributed by atoms with Gasteiger partial charge in [-0.1, -0.05) is 22.9 Å². The number of aromatic nitrogens is 1. The first-order valence-corrected chi connectivity index (χ1v) is 10.1. The number of primary amides is 1. The maximum absolute atomic E-state index is 11.6. The molecule has 2 aromatic carbocycles. The topological polar surface area (TPSA) is 141 Å². The minimum Gasteiger partial charge on any atom is -0.478 e. The molecule has 0 fully saturated rings. The average Bonchev–Trinajstić information content (AvgIpc) is 3.19. The number of benzene rings is 2. The molecule has 0 bridgehead atoms. The number of amides is 1. The SMILES string of the molecule is CN1c2ccc(C(=O)O)cc2NC1(C[C@H](O)C(N)=O)Nc1nc2ccc(Cl)cc2s1. The number of aliphatic hydroxyl groups is 1. The zero-order chi connectivity index (χ0) is 21.6. The number of anilines is 3. The Morgan fingerprint density at radius 1 is 1.37 bits per heavy atom. The molecule has 3 aromatic rings. The van der Waals surface area contributed by atoms with E-state index in [1.165, 1.54) is 23.5 Å². The predicted molar refractivity (Wildman–Crippen MR) is 116 cm³/mol. The van der Waals surface area contributed by atoms with Crippen LogP contribution in [0, 0.1) is 0 Å². The van der Waals surface area contributed by atoms with E-state index in [2.05, 4.69) is 15.6 Å². The van der Waals surface area contributed by atoms with Gasteiger partial charge in [-0.3, -0.25) is 4.79 Å². The lowest BCUT2D eigenvalue weighted by Gasteiger charge is -2.39. The summed E-state index contributed by atoms with van der Waals surface area (Å²) in [6.07, 6.45) is -1.57. The van der Waals surface area contributed by atoms with E-state index in [0.717, 1.165) is 10.2 Å². The summed E-state index contributed by atoms with van der Waals surface area (Å²) in [6.45, 7) is 0. The van der Waals surface area contributed by atoms with Crippen molar-refractivity contribution in [2.45, 2.75) is 18.3 Å². The summed E-state index contributed by atoms with van der Waals surface area (Å²) in [7, 11) is 1.75. The molecule has 0 aliphatic carbocycles. The van der Waals surface area contributed by atoms with Crippen molar-refractivity contribution < 1.29 is 19.8 Å². The highest BCUT2D eigenvalue weighted by atomic mass is 35.5. The largest absolute Gasteiger partial charge is 0.478 e. The molecule has 30 heavy (non-hydrogen) atoms. The highest BCUT2D eigenvalue weighted by Crippen LogP contribution is 2.43. The van der Waals surface area contributed by atoms with Crippen LogP contribution in [0.3, 0.4) is 0 Å². The van der Waals surface area contributed by atoms with E-state index in [-0.39, 0.29) is 12.0 Å². The number of fused-ring (bicyclic) bond motifs is 2. The Labute approximate surface area is 180 Å². The second kappa shape index (κ2) is 7.31. The highest BCUT2D eigenvalue weighted by Gasteiger charge is 2.45. The maximum atomic E-state index is 11.6. The van der Waals surface area contributed by atoms with Crippen LogP contribution in [0.5, 0.6) is 0 Å². The van der Waals surface area contributed by atoms with Gasteiger partial charge in [0.05, 0.1) is 27.2 Å². The van der Waals surface area contributed by atoms with E-state index in [0.29, 0.717) is 21.5 Å². The fraction of sp³-hybridized carbons (Fsp3) is 0.211. The fourth-order valence-electron chi connectivity index (χ4n) is 3.44. The van der Waals surface area contributed by atoms with Gasteiger partial charge in [0.2, 0.25) is 5.91 Å². The lowest BCUT2D eigenvalue weighted by atomic mass is 10.1. The van der Waals surface area contributed by atoms with Gasteiger partial charge in [0.25, 0.3) is 0 Å². The van der Waals surface area contributed by atoms with Crippen LogP contribution in [-0.4, -0.2) is 46.0 Å². The number of hydrogen-bond donors (Lipinski definition) is 5. The molecule has 1 amide bonds. The number of thiazole rings is 1. The molecule has 4 rings (SSSR count). The van der Waals surface area contributed by atoms with Gasteiger partial charge >= 0.3 is 5.97 Å². The number of nitrogens with two attached hydrogens (primary N) is 1. The van der Waals surface area contributed by atoms with Gasteiger partial charge < -0.3 is 31.5 Å². The van der Waals surface area contributed by atoms with Crippen molar-refractivity contribution in [1.29, 1.82) is 0 Å². The number of carboxylic acid groups (broad SMARTS) is 1. The third-order valence-electron chi connectivity index (χ3n) is 5.00. The summed E-state index contributed by atoms with van der Waals surface area (Å²) in [6, 6.07) is 9.97. The Morgan fingerprint density at radius 2 is 2.13 bits per heavy atom. The quantitative estimate of drug-likeness (QED) is 0.388. The molecule has 1 unspecified atom stereocenters. The molecular weight excluding hydrogens is 430 g/mol. The average molecular weight is 448 g/mol. The zero-order valence-corrected chi connectivity index (χ0v) is 17.3. The first-order valence-electron chi connectivity index (χ1n) is 8.89. The Hall–Kier alpha value is -3.08. The van der Waals surface area contributed by atoms with E-state index in [9.17, 15) is 19.8 Å². The number of hydrogen-bond acceptors (Lipinski definition) is 8. The Balaban J connectivity index is 1.75. The summed E-state index contributed by atoms with van der Waals surface area (Å²) in [4.78, 5) is 29.3. The molecule has 2 heterocycles. The maximum Gasteiger partial charge on any atom is 0.335 e. The molecule has 0 saturated heterocycles. The summed E-state index contributed by atoms with van der Waals surface area (Å²) in [5.41, 5.74) is 7.36. The van der Waals surface area contributed by atoms with Gasteiger partial charge in [-0.25, -0.2) is 9.78 Å². The normalized spacial score (nSPS) is 18.7. The van der Waals surface area contributed by atoms with Crippen molar-refractivity contribution in [3.8, 4) is 0 Å². The first-order chi connectivity index (χ1) is 14.2. The molecule has 11 heteroatoms. The summed E-state index contributed by atoms with van der Waals surface area (Å²) in [5, 5.41) is 27.1. The number of nitrogens with one attached hydrogen (secondary N) is 2. The Bertz CT molecular complexity index is 1170. The molecule has 2 atom stereocenters. The third kappa shape index (κ3) is 3.49. The second-order valence-corrected chi connectivity index (χ2v) is 8.43. The van der Waals surface area contributed by atoms with Crippen molar-refractivity contribution >= 4 is 61.5 Å². The van der Waals surface area contributed by atoms with Gasteiger partial charge in [-0.15, -0.1) is 0 Å². The van der Waals surface area contributed by atoms with Gasteiger partial charge in [0.15, 0.2) is 10.9 Å². The molecule has 1 aliphatic rings. The van der Waals surface area contributed by atoms with Crippen LogP contribution >= 0.6 is 22.9 Å². The number of aliphatic hydroxyl groups excluding tert-OH is 1. The van der Waals surface area contributed by atoms with Crippen LogP contribution in [0.1, 0.15) is 16.8 Å². The van der Waals surface area contributed by atoms with E-state index in [1.54, 1.807) is 36.2 Å². The molecular formula is C19H18ClN5O4S. The van der Waals surface area contributed by atoms with Crippen molar-refractivity contribution in [3.63, 3.8) is 0 Å². The minimum absolute atomic E-state index is 0.107. The standard InChI is InChI=1S/C19H18ClN5O4S/c1-25-13-5-2-9(17(28)29)6-12(13)23-19(25,8-14(26)16(21)27)24-18-22-11-4-3-10(20)7-15(11)30-18/h2-7,14,23,26H,8H2,1H3,(H2,21,27)(H,22,24)(H,28,29)/t14-,19?/m0/s1. The molecule has 0 saturated carbocycles. The number of aromatic carboxylic acids is 1. The van der Waals surface area contributed by atoms with Crippen molar-refractivity contribution in [2.75, 3.05) is 22.6 Å². The van der Waals surface area contributed by atoms with Crippen LogP contribution in [0.2, 0.25) is 5.02 Å². The van der Waals surface area contributed by atoms with Gasteiger partial charge in [-0.05, 0) is 36.4 Å². The monoisotopic (exact) mass is 447 g/mol. The molecule has 9 nitrogen and oxygen atoms in total. The van der Waals surface area contributed by atoms with Crippen molar-refractivity contribution in [3.05, 3.63) is 47.0 Å². The number of carbonyl (C=O) groups excluding carboxylic acids is 1. The van der Waals surface area contributed by atoms with Crippen LogP contribution in [0.25, 0.3) is 10.2 Å². The van der Waals surface area contributed by atoms with Gasteiger partial charge in [-0.2, -0.15) is 0 Å². The molecule has 6 N–H and O–H groups in total. The fourth-order valence-corrected chi connectivity index (χ4v) is 4.65. The van der Waals surface area contributed by atoms with E-state index < -0.39 is 23.8 Å². The van der Waals surface area contributed by atoms with Crippen LogP contribution in [0.15, 0.2) is 36.4 Å². The number of rotatable bonds is 6. The van der Waals surface area contributed by atoms with Gasteiger partial charge in [0, 0.05) is 18.5 Å². The Kier molecular flexibility index (Phi) is 4.92. The number of carbonyl (C=O) groups is 2. The highest BCUT2D eigenvalue weighted by molar-refractivity contribution is 7.22. The summed E-state index contributed by atoms with van der Waals surface area (Å²) >= 11 is 7.42. The Morgan fingerprint density at radius 3 is 2.83 bits per heavy atom. The van der Waals surface area contributed by atoms with Gasteiger partial charge in [0.1, 0.15) is 6.10 Å². The van der Waals surface area contributed by atoms with Crippen LogP contribution in [0.4, 0.5) is 16.5 Å². The lowest BCUT2D eigenvalue weighted by molar-refractivity contribution is -0.126. The molecule has 0 spiro atoms. The van der Waals surface area contributed by atoms with Crippen molar-refractivity contribution in [1.82, 2.24) is 4.98 Å². The number of halogens is 1. The molecule has 0 radical (unpaired) electrons. The van der Waals surface area contributed by atoms with Crippen LogP contribution < -0.4 is 21.3 Å². The minimum atomic E-state index is -1.45. The summed E-state index contributed by atoms with van der Waals surface area (Å²) in [5.74, 6) is -3.11. The zero-order valence-electron chi connectivity index (χ0n) is 15.7. The molecule has 1 aromatic heterocycles. The molecule has 156 valence electrons. The van der Waals surface area contributed by atoms with Crippen LogP contribution in [-0.2, 0) is 4.79 Å². The number of carboxylic acids is 1.